The van der Waals surface area contributed by atoms with E-state index in [1.807, 2.05) is 6.08 Å². The van der Waals surface area contributed by atoms with E-state index in [1.165, 1.54) is 0 Å². The summed E-state index contributed by atoms with van der Waals surface area (Å²) in [7, 11) is 0. The zero-order valence-electron chi connectivity index (χ0n) is 6.40. The van der Waals surface area contributed by atoms with E-state index in [9.17, 15) is 5.11 Å². The van der Waals surface area contributed by atoms with E-state index < -0.39 is 0 Å². The summed E-state index contributed by atoms with van der Waals surface area (Å²) in [6.45, 7) is 1.96. The summed E-state index contributed by atoms with van der Waals surface area (Å²) >= 11 is 0. The van der Waals surface area contributed by atoms with E-state index in [-0.39, 0.29) is 18.8 Å². The van der Waals surface area contributed by atoms with Gasteiger partial charge in [0, 0.05) is 13.1 Å². The molecule has 0 aromatic heterocycles. The van der Waals surface area contributed by atoms with Crippen molar-refractivity contribution in [2.75, 3.05) is 19.7 Å². The molecular weight excluding hydrogens is 142 g/mol. The fraction of sp³-hybridized carbons (Fsp3) is 0.750. The molecule has 0 bridgehead atoms. The summed E-state index contributed by atoms with van der Waals surface area (Å²) in [5.41, 5.74) is 0.995. The Labute approximate surface area is 65.9 Å². The van der Waals surface area contributed by atoms with Crippen molar-refractivity contribution in [1.29, 1.82) is 0 Å². The van der Waals surface area contributed by atoms with Crippen LogP contribution in [0.15, 0.2) is 11.6 Å². The van der Waals surface area contributed by atoms with Gasteiger partial charge in [-0.25, -0.2) is 0 Å². The van der Waals surface area contributed by atoms with Gasteiger partial charge in [0.05, 0.1) is 18.8 Å². The quantitative estimate of drug-likeness (QED) is 0.495. The monoisotopic (exact) mass is 155 g/mol. The Bertz CT molecular complexity index is 191. The fourth-order valence-electron chi connectivity index (χ4n) is 2.04. The molecule has 2 aliphatic heterocycles. The van der Waals surface area contributed by atoms with Gasteiger partial charge in [-0.3, -0.25) is 4.90 Å². The molecule has 2 aliphatic rings. The third-order valence-corrected chi connectivity index (χ3v) is 2.62. The average molecular weight is 155 g/mol. The van der Waals surface area contributed by atoms with E-state index in [1.54, 1.807) is 0 Å². The number of rotatable bonds is 1. The van der Waals surface area contributed by atoms with Crippen LogP contribution >= 0.6 is 0 Å². The van der Waals surface area contributed by atoms with Crippen molar-refractivity contribution in [3.63, 3.8) is 0 Å². The van der Waals surface area contributed by atoms with Crippen LogP contribution in [0.1, 0.15) is 6.42 Å². The zero-order chi connectivity index (χ0) is 7.84. The molecule has 3 heteroatoms. The van der Waals surface area contributed by atoms with E-state index in [4.69, 9.17) is 5.11 Å². The number of aliphatic hydroxyl groups is 2. The molecule has 2 rings (SSSR count). The lowest BCUT2D eigenvalue weighted by atomic mass is 10.1. The van der Waals surface area contributed by atoms with Gasteiger partial charge in [-0.1, -0.05) is 6.08 Å². The third-order valence-electron chi connectivity index (χ3n) is 2.62. The second kappa shape index (κ2) is 2.59. The van der Waals surface area contributed by atoms with E-state index in [2.05, 4.69) is 4.90 Å². The molecular formula is C8H13NO2. The van der Waals surface area contributed by atoms with Crippen LogP contribution in [0.25, 0.3) is 0 Å². The summed E-state index contributed by atoms with van der Waals surface area (Å²) in [4.78, 5) is 2.20. The van der Waals surface area contributed by atoms with Gasteiger partial charge in [0.2, 0.25) is 0 Å². The molecule has 0 aromatic rings. The van der Waals surface area contributed by atoms with E-state index >= 15 is 0 Å². The van der Waals surface area contributed by atoms with Crippen LogP contribution in [0.4, 0.5) is 0 Å². The number of nitrogens with zero attached hydrogens (tertiary/aromatic N) is 1. The minimum absolute atomic E-state index is 0.0955. The summed E-state index contributed by atoms with van der Waals surface area (Å²) in [6, 6.07) is 0.125. The van der Waals surface area contributed by atoms with Gasteiger partial charge in [-0.05, 0) is 12.0 Å². The second-order valence-electron chi connectivity index (χ2n) is 3.23. The van der Waals surface area contributed by atoms with Gasteiger partial charge < -0.3 is 10.2 Å². The summed E-state index contributed by atoms with van der Waals surface area (Å²) in [5.74, 6) is 0. The summed E-state index contributed by atoms with van der Waals surface area (Å²) < 4.78 is 0. The maximum absolute atomic E-state index is 9.51. The third kappa shape index (κ3) is 1.00. The van der Waals surface area contributed by atoms with Gasteiger partial charge in [-0.2, -0.15) is 0 Å². The lowest BCUT2D eigenvalue weighted by Crippen LogP contribution is -2.32. The number of aliphatic hydroxyl groups excluding tert-OH is 2. The molecule has 0 aliphatic carbocycles. The van der Waals surface area contributed by atoms with Crippen molar-refractivity contribution in [2.24, 2.45) is 0 Å². The molecule has 0 radical (unpaired) electrons. The van der Waals surface area contributed by atoms with Gasteiger partial charge in [-0.15, -0.1) is 0 Å². The predicted octanol–water partition coefficient (Wildman–Crippen LogP) is -0.646. The van der Waals surface area contributed by atoms with Crippen LogP contribution in [0.2, 0.25) is 0 Å². The first-order chi connectivity index (χ1) is 5.33. The van der Waals surface area contributed by atoms with Gasteiger partial charge >= 0.3 is 0 Å². The average Bonchev–Trinajstić information content (AvgIpc) is 2.54. The maximum Gasteiger partial charge on any atom is 0.0746 e. The Balaban J connectivity index is 2.15. The molecule has 0 amide bonds. The SMILES string of the molecule is OCC1=CCN2CC[C@@H](O)C12. The summed E-state index contributed by atoms with van der Waals surface area (Å²) in [5, 5.41) is 18.4. The van der Waals surface area contributed by atoms with Crippen LogP contribution in [-0.2, 0) is 0 Å². The van der Waals surface area contributed by atoms with Crippen LogP contribution in [0, 0.1) is 0 Å². The van der Waals surface area contributed by atoms with Crippen molar-refractivity contribution in [3.8, 4) is 0 Å². The first-order valence-corrected chi connectivity index (χ1v) is 4.05. The van der Waals surface area contributed by atoms with Crippen LogP contribution in [0.3, 0.4) is 0 Å². The molecule has 0 spiro atoms. The summed E-state index contributed by atoms with van der Waals surface area (Å²) in [6.07, 6.45) is 2.62. The fourth-order valence-corrected chi connectivity index (χ4v) is 2.04. The van der Waals surface area contributed by atoms with E-state index in [0.29, 0.717) is 0 Å². The maximum atomic E-state index is 9.51. The molecule has 1 unspecified atom stereocenters. The molecule has 1 fully saturated rings. The Hall–Kier alpha value is -0.380. The Kier molecular flexibility index (Phi) is 1.71. The van der Waals surface area contributed by atoms with Crippen molar-refractivity contribution in [2.45, 2.75) is 18.6 Å². The molecule has 2 N–H and O–H groups in total. The molecule has 0 aromatic carbocycles. The molecule has 11 heavy (non-hydrogen) atoms. The van der Waals surface area contributed by atoms with Gasteiger partial charge in [0.25, 0.3) is 0 Å². The second-order valence-corrected chi connectivity index (χ2v) is 3.23. The smallest absolute Gasteiger partial charge is 0.0746 e. The van der Waals surface area contributed by atoms with Crippen molar-refractivity contribution in [3.05, 3.63) is 11.6 Å². The van der Waals surface area contributed by atoms with Crippen LogP contribution in [-0.4, -0.2) is 47.0 Å². The van der Waals surface area contributed by atoms with Crippen LogP contribution < -0.4 is 0 Å². The highest BCUT2D eigenvalue weighted by atomic mass is 16.3. The molecule has 1 saturated heterocycles. The molecule has 62 valence electrons. The molecule has 2 heterocycles. The van der Waals surface area contributed by atoms with Gasteiger partial charge in [0.15, 0.2) is 0 Å². The van der Waals surface area contributed by atoms with Gasteiger partial charge in [0.1, 0.15) is 0 Å². The molecule has 3 nitrogen and oxygen atoms in total. The Morgan fingerprint density at radius 3 is 3.18 bits per heavy atom. The number of fused-ring (bicyclic) bond motifs is 1. The highest BCUT2D eigenvalue weighted by Crippen LogP contribution is 2.28. The predicted molar refractivity (Wildman–Crippen MR) is 41.2 cm³/mol. The first-order valence-electron chi connectivity index (χ1n) is 4.05. The Morgan fingerprint density at radius 1 is 1.64 bits per heavy atom. The normalized spacial score (nSPS) is 37.5. The lowest BCUT2D eigenvalue weighted by Gasteiger charge is -2.19. The lowest BCUT2D eigenvalue weighted by molar-refractivity contribution is 0.140. The first kappa shape index (κ1) is 7.28. The van der Waals surface area contributed by atoms with E-state index in [0.717, 1.165) is 25.1 Å². The number of hydrogen-bond donors (Lipinski definition) is 2. The minimum Gasteiger partial charge on any atom is -0.392 e. The van der Waals surface area contributed by atoms with Crippen molar-refractivity contribution >= 4 is 0 Å². The highest BCUT2D eigenvalue weighted by molar-refractivity contribution is 5.22. The van der Waals surface area contributed by atoms with Crippen LogP contribution in [0.5, 0.6) is 0 Å². The standard InChI is InChI=1S/C8H13NO2/c10-5-6-1-3-9-4-2-7(11)8(6)9/h1,7-8,10-11H,2-5H2/t7-,8?/m1/s1. The number of hydrogen-bond acceptors (Lipinski definition) is 3. The van der Waals surface area contributed by atoms with Crippen molar-refractivity contribution in [1.82, 2.24) is 4.90 Å². The molecule has 0 saturated carbocycles. The molecule has 2 atom stereocenters. The minimum atomic E-state index is -0.254. The topological polar surface area (TPSA) is 43.7 Å². The Morgan fingerprint density at radius 2 is 2.45 bits per heavy atom. The zero-order valence-corrected chi connectivity index (χ0v) is 6.40. The largest absolute Gasteiger partial charge is 0.392 e. The van der Waals surface area contributed by atoms with Crippen molar-refractivity contribution < 1.29 is 10.2 Å². The highest BCUT2D eigenvalue weighted by Gasteiger charge is 2.37.